The number of piperazine rings is 1. The van der Waals surface area contributed by atoms with E-state index in [1.807, 2.05) is 25.1 Å². The number of aromatic amines is 1. The zero-order valence-corrected chi connectivity index (χ0v) is 68.0. The van der Waals surface area contributed by atoms with Gasteiger partial charge in [0.2, 0.25) is 35.3 Å². The van der Waals surface area contributed by atoms with Crippen molar-refractivity contribution in [1.29, 1.82) is 0 Å². The Hall–Kier alpha value is -12.4. The first kappa shape index (κ1) is 90.5. The number of nitrogens with one attached hydrogen (secondary N) is 9. The van der Waals surface area contributed by atoms with Crippen molar-refractivity contribution in [3.63, 3.8) is 0 Å². The fraction of sp³-hybridized carbons (Fsp3) is 0.462. The quantitative estimate of drug-likeness (QED) is 0.0194. The summed E-state index contributed by atoms with van der Waals surface area (Å²) in [4.78, 5) is 162. The second-order valence-corrected chi connectivity index (χ2v) is 26.9. The molecule has 9 rings (SSSR count). The lowest BCUT2D eigenvalue weighted by Crippen LogP contribution is -2.51. The average molecular weight is 1660 g/mol. The molecule has 1 aliphatic heterocycles. The van der Waals surface area contributed by atoms with Gasteiger partial charge in [0.05, 0.1) is 130 Å². The molecule has 8 aromatic rings. The Bertz CT molecular complexity index is 4870. The molecule has 0 unspecified atom stereocenters. The van der Waals surface area contributed by atoms with Gasteiger partial charge in [0.1, 0.15) is 35.0 Å². The number of aryl methyl sites for hydroxylation is 5. The highest BCUT2D eigenvalue weighted by Gasteiger charge is 2.30. The van der Waals surface area contributed by atoms with E-state index in [1.54, 1.807) is 91.1 Å². The third-order valence-corrected chi connectivity index (χ3v) is 18.3. The second kappa shape index (κ2) is 46.5. The molecule has 1 saturated heterocycles. The predicted molar refractivity (Wildman–Crippen MR) is 432 cm³/mol. The summed E-state index contributed by atoms with van der Waals surface area (Å²) in [5.74, 6) is -3.35. The van der Waals surface area contributed by atoms with E-state index >= 15 is 0 Å². The Morgan fingerprint density at radius 1 is 0.471 bits per heavy atom. The number of methoxy groups -OCH3 is 2. The zero-order valence-electron chi connectivity index (χ0n) is 68.0. The number of pyridine rings is 1. The first-order valence-electron chi connectivity index (χ1n) is 38.5. The van der Waals surface area contributed by atoms with Crippen LogP contribution in [0.1, 0.15) is 89.4 Å². The van der Waals surface area contributed by atoms with Gasteiger partial charge in [-0.2, -0.15) is 0 Å². The first-order valence-corrected chi connectivity index (χ1v) is 38.5. The summed E-state index contributed by atoms with van der Waals surface area (Å²) in [7, 11) is 11.1. The number of ether oxygens (including phenoxy) is 10. The van der Waals surface area contributed by atoms with Gasteiger partial charge < -0.3 is 132 Å². The van der Waals surface area contributed by atoms with Crippen molar-refractivity contribution >= 4 is 93.0 Å². The van der Waals surface area contributed by atoms with Crippen LogP contribution in [-0.4, -0.2) is 288 Å². The van der Waals surface area contributed by atoms with E-state index in [2.05, 4.69) is 62.5 Å². The number of carbonyl (C=O) groups is 10. The number of imidazole rings is 3. The lowest BCUT2D eigenvalue weighted by Gasteiger charge is -2.35. The normalized spacial score (nSPS) is 12.1. The third-order valence-electron chi connectivity index (χ3n) is 18.3. The van der Waals surface area contributed by atoms with Crippen LogP contribution in [0.2, 0.25) is 0 Å². The van der Waals surface area contributed by atoms with Gasteiger partial charge in [0.25, 0.3) is 41.0 Å². The number of H-pyrrole nitrogens is 1. The SMILES string of the molecule is C/C=C/Cn1cc(-c2cc(OC)c(C(=O)N3CCN(C(=O)COCCOCCOCCOCCOCCOCCOCCOCCNC(=O)CCNC(=O)c4nc(NC(=O)CCNC(=O)c5cc(NC(=O)c6nc(NC(=O)CCNC(=O)c7cc(NC(=O)c8nccn8C)cn7C)cn6C)cn5C)cn4C)CC3)cc2OC)c2cc[nH]c2c1=O. The number of anilines is 4. The molecule has 0 spiro atoms. The van der Waals surface area contributed by atoms with Crippen LogP contribution in [0.15, 0.2) is 96.9 Å². The molecule has 0 saturated carbocycles. The van der Waals surface area contributed by atoms with Crippen molar-refractivity contribution in [1.82, 2.24) is 78.4 Å². The van der Waals surface area contributed by atoms with Gasteiger partial charge in [-0.15, -0.1) is 0 Å². The Morgan fingerprint density at radius 2 is 0.941 bits per heavy atom. The number of amides is 10. The largest absolute Gasteiger partial charge is 0.496 e. The topological polar surface area (TPSA) is 467 Å². The van der Waals surface area contributed by atoms with E-state index in [0.29, 0.717) is 151 Å². The minimum Gasteiger partial charge on any atom is -0.496 e. The molecule has 7 aromatic heterocycles. The van der Waals surface area contributed by atoms with Crippen molar-refractivity contribution in [3.8, 4) is 22.6 Å². The predicted octanol–water partition coefficient (Wildman–Crippen LogP) is 1.84. The monoisotopic (exact) mass is 1660 g/mol. The van der Waals surface area contributed by atoms with Gasteiger partial charge in [0, 0.05) is 179 Å². The van der Waals surface area contributed by atoms with Crippen LogP contribution in [-0.2, 0) is 98.9 Å². The smallest absolute Gasteiger partial charge is 0.291 e. The minimum atomic E-state index is -0.643. The Labute approximate surface area is 685 Å². The molecule has 10 amide bonds. The van der Waals surface area contributed by atoms with E-state index in [-0.39, 0.29) is 141 Å². The Kier molecular flexibility index (Phi) is 35.4. The van der Waals surface area contributed by atoms with Crippen molar-refractivity contribution in [2.75, 3.05) is 194 Å². The minimum absolute atomic E-state index is 0.0126. The maximum absolute atomic E-state index is 13.9. The highest BCUT2D eigenvalue weighted by molar-refractivity contribution is 6.05. The molecular formula is C78H104N20O21. The number of benzene rings is 1. The molecule has 0 aliphatic carbocycles. The number of rotatable bonds is 50. The zero-order chi connectivity index (χ0) is 85.2. The lowest BCUT2D eigenvalue weighted by atomic mass is 9.99. The first-order chi connectivity index (χ1) is 57.5. The number of allylic oxidation sites excluding steroid dienone is 2. The number of hydrogen-bond donors (Lipinski definition) is 9. The van der Waals surface area contributed by atoms with Crippen LogP contribution in [0.25, 0.3) is 22.0 Å². The molecule has 642 valence electrons. The summed E-state index contributed by atoms with van der Waals surface area (Å²) >= 11 is 0. The maximum atomic E-state index is 13.9. The van der Waals surface area contributed by atoms with Gasteiger partial charge >= 0.3 is 0 Å². The van der Waals surface area contributed by atoms with E-state index in [9.17, 15) is 52.7 Å². The van der Waals surface area contributed by atoms with Crippen LogP contribution in [0.5, 0.6) is 11.5 Å². The van der Waals surface area contributed by atoms with E-state index < -0.39 is 41.4 Å². The molecule has 0 radical (unpaired) electrons. The molecule has 1 aliphatic rings. The molecule has 41 nitrogen and oxygen atoms in total. The fourth-order valence-electron chi connectivity index (χ4n) is 12.2. The Morgan fingerprint density at radius 3 is 1.44 bits per heavy atom. The molecule has 0 bridgehead atoms. The maximum Gasteiger partial charge on any atom is 0.291 e. The number of hydrogen-bond acceptors (Lipinski definition) is 24. The summed E-state index contributed by atoms with van der Waals surface area (Å²) < 4.78 is 65.0. The van der Waals surface area contributed by atoms with Crippen LogP contribution in [0.4, 0.5) is 23.0 Å². The standard InChI is InChI=1S/C78H104N20O21/c1-9-10-21-98-48-57(54-11-15-80-68(54)78(98)109)55-44-61(111-8)56(45-60(55)110-7)77(108)97-25-23-96(24-26-97)67(102)51-119-41-40-118-39-38-117-37-36-116-35-34-115-33-32-114-31-30-113-29-28-112-27-20-79-64(99)12-16-84-74(105)70-89-62(49-94(70)5)87-65(100)13-17-83-73(104)59-43-53(47-93(59)4)86-76(107)71-90-63(50-95(71)6)88-66(101)14-18-82-72(103)58-42-52(46-92(58)3)85-75(106)69-81-19-22-91(69)2/h9-11,15,19,22,42-50,80H,12-14,16-18,20-21,23-41,51H2,1-8H3,(H,79,99)(H,82,103)(H,83,104)(H,84,105)(H,85,106)(H,86,107)(H,87,100)(H,88,101)/b10-9+. The number of nitrogens with zero attached hydrogens (tertiary/aromatic N) is 11. The van der Waals surface area contributed by atoms with Crippen LogP contribution in [0, 0.1) is 0 Å². The number of carbonyl (C=O) groups excluding carboxylic acids is 10. The lowest BCUT2D eigenvalue weighted by molar-refractivity contribution is -0.138. The summed E-state index contributed by atoms with van der Waals surface area (Å²) in [6.45, 7) is 8.73. The highest BCUT2D eigenvalue weighted by Crippen LogP contribution is 2.39. The molecule has 1 fully saturated rings. The number of aromatic nitrogens is 10. The summed E-state index contributed by atoms with van der Waals surface area (Å²) in [6.07, 6.45) is 16.1. The molecule has 8 heterocycles. The van der Waals surface area contributed by atoms with Crippen LogP contribution < -0.4 is 57.6 Å². The molecule has 9 N–H and O–H groups in total. The van der Waals surface area contributed by atoms with Gasteiger partial charge in [-0.25, -0.2) is 15.0 Å². The van der Waals surface area contributed by atoms with Gasteiger partial charge in [-0.05, 0) is 37.3 Å². The van der Waals surface area contributed by atoms with Crippen LogP contribution in [0.3, 0.4) is 0 Å². The van der Waals surface area contributed by atoms with E-state index in [0.717, 1.165) is 5.56 Å². The molecule has 119 heavy (non-hydrogen) atoms. The van der Waals surface area contributed by atoms with Gasteiger partial charge in [0.15, 0.2) is 17.5 Å². The average Bonchev–Trinajstić information content (AvgIpc) is 1.75. The molecule has 1 aromatic carbocycles. The molecule has 0 atom stereocenters. The van der Waals surface area contributed by atoms with Crippen molar-refractivity contribution in [2.24, 2.45) is 35.2 Å². The second-order valence-electron chi connectivity index (χ2n) is 26.9. The molecule has 41 heteroatoms. The van der Waals surface area contributed by atoms with Crippen molar-refractivity contribution in [3.05, 3.63) is 137 Å². The van der Waals surface area contributed by atoms with Gasteiger partial charge in [-0.3, -0.25) is 52.7 Å². The summed E-state index contributed by atoms with van der Waals surface area (Å²) in [5, 5.41) is 22.0. The third kappa shape index (κ3) is 27.1. The van der Waals surface area contributed by atoms with Crippen molar-refractivity contribution < 1.29 is 95.3 Å². The van der Waals surface area contributed by atoms with Crippen molar-refractivity contribution in [2.45, 2.75) is 32.7 Å². The van der Waals surface area contributed by atoms with Crippen LogP contribution >= 0.6 is 0 Å². The Balaban J connectivity index is 0.510. The highest BCUT2D eigenvalue weighted by atomic mass is 16.6. The van der Waals surface area contributed by atoms with Gasteiger partial charge in [-0.1, -0.05) is 12.2 Å². The van der Waals surface area contributed by atoms with E-state index in [4.69, 9.17) is 47.4 Å². The summed E-state index contributed by atoms with van der Waals surface area (Å²) in [6, 6.07) is 8.17. The molecular weight excluding hydrogens is 1550 g/mol. The van der Waals surface area contributed by atoms with E-state index in [1.165, 1.54) is 69.4 Å². The summed E-state index contributed by atoms with van der Waals surface area (Å²) in [5.41, 5.74) is 3.05. The fourth-order valence-corrected chi connectivity index (χ4v) is 12.2. The number of fused-ring (bicyclic) bond motifs is 1.